The SMILES string of the molecule is CC(C)N1CCCC12CCCCN2. The third kappa shape index (κ3) is 1.62. The second-order valence-electron chi connectivity index (χ2n) is 4.81. The van der Waals surface area contributed by atoms with Crippen LogP contribution < -0.4 is 5.32 Å². The zero-order chi connectivity index (χ0) is 9.31. The van der Waals surface area contributed by atoms with E-state index in [1.807, 2.05) is 0 Å². The van der Waals surface area contributed by atoms with Crippen LogP contribution in [0, 0.1) is 0 Å². The summed E-state index contributed by atoms with van der Waals surface area (Å²) in [5, 5.41) is 3.75. The van der Waals surface area contributed by atoms with Crippen LogP contribution in [0.1, 0.15) is 46.0 Å². The predicted molar refractivity (Wildman–Crippen MR) is 55.7 cm³/mol. The van der Waals surface area contributed by atoms with Crippen molar-refractivity contribution in [3.63, 3.8) is 0 Å². The van der Waals surface area contributed by atoms with Gasteiger partial charge in [-0.2, -0.15) is 0 Å². The fourth-order valence-corrected chi connectivity index (χ4v) is 3.06. The number of nitrogens with one attached hydrogen (secondary N) is 1. The Morgan fingerprint density at radius 3 is 2.54 bits per heavy atom. The summed E-state index contributed by atoms with van der Waals surface area (Å²) in [6.45, 7) is 7.17. The van der Waals surface area contributed by atoms with Crippen molar-refractivity contribution in [3.05, 3.63) is 0 Å². The lowest BCUT2D eigenvalue weighted by Crippen LogP contribution is -2.59. The van der Waals surface area contributed by atoms with Gasteiger partial charge in [-0.3, -0.25) is 10.2 Å². The third-order valence-corrected chi connectivity index (χ3v) is 3.63. The van der Waals surface area contributed by atoms with E-state index < -0.39 is 0 Å². The van der Waals surface area contributed by atoms with Crippen molar-refractivity contribution in [1.29, 1.82) is 0 Å². The monoisotopic (exact) mass is 182 g/mol. The van der Waals surface area contributed by atoms with Crippen molar-refractivity contribution in [3.8, 4) is 0 Å². The molecule has 0 aromatic rings. The quantitative estimate of drug-likeness (QED) is 0.667. The minimum atomic E-state index is 0.395. The molecule has 2 fully saturated rings. The smallest absolute Gasteiger partial charge is 0.0715 e. The second-order valence-corrected chi connectivity index (χ2v) is 4.81. The zero-order valence-electron chi connectivity index (χ0n) is 8.97. The summed E-state index contributed by atoms with van der Waals surface area (Å²) in [5.74, 6) is 0. The van der Waals surface area contributed by atoms with Gasteiger partial charge in [0, 0.05) is 12.6 Å². The number of likely N-dealkylation sites (tertiary alicyclic amines) is 1. The molecule has 1 atom stereocenters. The van der Waals surface area contributed by atoms with Crippen molar-refractivity contribution < 1.29 is 0 Å². The van der Waals surface area contributed by atoms with Crippen molar-refractivity contribution in [2.75, 3.05) is 13.1 Å². The Labute approximate surface area is 81.7 Å². The molecule has 0 aromatic heterocycles. The van der Waals surface area contributed by atoms with Gasteiger partial charge in [0.2, 0.25) is 0 Å². The zero-order valence-corrected chi connectivity index (χ0v) is 8.97. The Bertz CT molecular complexity index is 171. The van der Waals surface area contributed by atoms with Crippen LogP contribution in [0.3, 0.4) is 0 Å². The lowest BCUT2D eigenvalue weighted by Gasteiger charge is -2.44. The molecule has 0 bridgehead atoms. The molecule has 1 N–H and O–H groups in total. The molecule has 2 aliphatic rings. The molecule has 2 heteroatoms. The first-order valence-corrected chi connectivity index (χ1v) is 5.76. The molecule has 2 heterocycles. The van der Waals surface area contributed by atoms with Gasteiger partial charge in [0.15, 0.2) is 0 Å². The van der Waals surface area contributed by atoms with E-state index in [1.165, 1.54) is 45.2 Å². The predicted octanol–water partition coefficient (Wildman–Crippen LogP) is 1.96. The average molecular weight is 182 g/mol. The number of nitrogens with zero attached hydrogens (tertiary/aromatic N) is 1. The molecule has 76 valence electrons. The number of rotatable bonds is 1. The molecule has 2 nitrogen and oxygen atoms in total. The Morgan fingerprint density at radius 2 is 1.92 bits per heavy atom. The molecule has 1 spiro atoms. The van der Waals surface area contributed by atoms with Crippen molar-refractivity contribution in [2.24, 2.45) is 0 Å². The molecule has 13 heavy (non-hydrogen) atoms. The third-order valence-electron chi connectivity index (χ3n) is 3.63. The molecule has 0 amide bonds. The van der Waals surface area contributed by atoms with Crippen LogP contribution in [0.4, 0.5) is 0 Å². The number of hydrogen-bond acceptors (Lipinski definition) is 2. The van der Waals surface area contributed by atoms with E-state index in [4.69, 9.17) is 0 Å². The summed E-state index contributed by atoms with van der Waals surface area (Å²) in [5.41, 5.74) is 0.395. The second kappa shape index (κ2) is 3.58. The molecule has 2 aliphatic heterocycles. The van der Waals surface area contributed by atoms with E-state index in [1.54, 1.807) is 0 Å². The summed E-state index contributed by atoms with van der Waals surface area (Å²) in [7, 11) is 0. The summed E-state index contributed by atoms with van der Waals surface area (Å²) >= 11 is 0. The topological polar surface area (TPSA) is 15.3 Å². The maximum atomic E-state index is 3.75. The Balaban J connectivity index is 2.09. The van der Waals surface area contributed by atoms with Gasteiger partial charge in [-0.05, 0) is 52.5 Å². The maximum Gasteiger partial charge on any atom is 0.0715 e. The van der Waals surface area contributed by atoms with Gasteiger partial charge < -0.3 is 0 Å². The fraction of sp³-hybridized carbons (Fsp3) is 1.00. The first kappa shape index (κ1) is 9.47. The van der Waals surface area contributed by atoms with E-state index in [0.29, 0.717) is 11.7 Å². The normalized spacial score (nSPS) is 36.2. The van der Waals surface area contributed by atoms with Crippen LogP contribution in [-0.4, -0.2) is 29.7 Å². The van der Waals surface area contributed by atoms with Crippen LogP contribution in [0.25, 0.3) is 0 Å². The average Bonchev–Trinajstić information content (AvgIpc) is 2.50. The molecule has 0 aromatic carbocycles. The number of piperidine rings is 1. The molecular weight excluding hydrogens is 160 g/mol. The fourth-order valence-electron chi connectivity index (χ4n) is 3.06. The summed E-state index contributed by atoms with van der Waals surface area (Å²) < 4.78 is 0. The minimum absolute atomic E-state index is 0.395. The molecule has 1 unspecified atom stereocenters. The largest absolute Gasteiger partial charge is 0.299 e. The van der Waals surface area contributed by atoms with Crippen LogP contribution in [0.5, 0.6) is 0 Å². The molecule has 2 saturated heterocycles. The van der Waals surface area contributed by atoms with Crippen LogP contribution in [0.15, 0.2) is 0 Å². The van der Waals surface area contributed by atoms with Crippen LogP contribution >= 0.6 is 0 Å². The van der Waals surface area contributed by atoms with Gasteiger partial charge in [0.05, 0.1) is 5.66 Å². The van der Waals surface area contributed by atoms with Crippen molar-refractivity contribution >= 4 is 0 Å². The van der Waals surface area contributed by atoms with Gasteiger partial charge >= 0.3 is 0 Å². The van der Waals surface area contributed by atoms with Crippen molar-refractivity contribution in [1.82, 2.24) is 10.2 Å². The van der Waals surface area contributed by atoms with Gasteiger partial charge in [-0.1, -0.05) is 0 Å². The minimum Gasteiger partial charge on any atom is -0.299 e. The highest BCUT2D eigenvalue weighted by atomic mass is 15.4. The van der Waals surface area contributed by atoms with Gasteiger partial charge in [0.25, 0.3) is 0 Å². The van der Waals surface area contributed by atoms with Crippen LogP contribution in [-0.2, 0) is 0 Å². The highest BCUT2D eigenvalue weighted by Gasteiger charge is 2.42. The Morgan fingerprint density at radius 1 is 1.15 bits per heavy atom. The van der Waals surface area contributed by atoms with Gasteiger partial charge in [-0.15, -0.1) is 0 Å². The van der Waals surface area contributed by atoms with E-state index in [0.717, 1.165) is 0 Å². The van der Waals surface area contributed by atoms with Crippen molar-refractivity contribution in [2.45, 2.75) is 57.7 Å². The first-order valence-electron chi connectivity index (χ1n) is 5.76. The lowest BCUT2D eigenvalue weighted by atomic mass is 9.94. The first-order chi connectivity index (χ1) is 6.25. The van der Waals surface area contributed by atoms with Gasteiger partial charge in [-0.25, -0.2) is 0 Å². The van der Waals surface area contributed by atoms with Gasteiger partial charge in [0.1, 0.15) is 0 Å². The number of hydrogen-bond donors (Lipinski definition) is 1. The highest BCUT2D eigenvalue weighted by molar-refractivity contribution is 4.96. The summed E-state index contributed by atoms with van der Waals surface area (Å²) in [6, 6.07) is 0.702. The molecule has 2 rings (SSSR count). The van der Waals surface area contributed by atoms with Crippen LogP contribution in [0.2, 0.25) is 0 Å². The molecular formula is C11H22N2. The van der Waals surface area contributed by atoms with E-state index >= 15 is 0 Å². The highest BCUT2D eigenvalue weighted by Crippen LogP contribution is 2.35. The Hall–Kier alpha value is -0.0800. The Kier molecular flexibility index (Phi) is 2.61. The maximum absolute atomic E-state index is 3.75. The van der Waals surface area contributed by atoms with E-state index in [9.17, 15) is 0 Å². The molecule has 0 saturated carbocycles. The molecule has 0 aliphatic carbocycles. The molecule has 0 radical (unpaired) electrons. The van der Waals surface area contributed by atoms with E-state index in [2.05, 4.69) is 24.1 Å². The lowest BCUT2D eigenvalue weighted by molar-refractivity contribution is 0.0442. The summed E-state index contributed by atoms with van der Waals surface area (Å²) in [6.07, 6.45) is 6.89. The standard InChI is InChI=1S/C11H22N2/c1-10(2)13-9-5-7-11(13)6-3-4-8-12-11/h10,12H,3-9H2,1-2H3. The summed E-state index contributed by atoms with van der Waals surface area (Å²) in [4.78, 5) is 2.67. The van der Waals surface area contributed by atoms with E-state index in [-0.39, 0.29) is 0 Å².